The molecule has 1 aliphatic rings. The number of nitrogens with zero attached hydrogens (tertiary/aromatic N) is 2. The summed E-state index contributed by atoms with van der Waals surface area (Å²) in [5.74, 6) is -0.458. The van der Waals surface area contributed by atoms with Crippen molar-refractivity contribution < 1.29 is 22.8 Å². The summed E-state index contributed by atoms with van der Waals surface area (Å²) in [6.45, 7) is 1.39. The Morgan fingerprint density at radius 2 is 1.33 bits per heavy atom. The predicted molar refractivity (Wildman–Crippen MR) is 97.4 cm³/mol. The molecule has 4 nitrogen and oxygen atoms in total. The first kappa shape index (κ1) is 19.4. The fourth-order valence-corrected chi connectivity index (χ4v) is 3.36. The molecule has 0 bridgehead atoms. The number of carbonyl (C=O) groups excluding carboxylic acids is 2. The maximum atomic E-state index is 12.6. The van der Waals surface area contributed by atoms with E-state index in [0.29, 0.717) is 36.2 Å². The minimum atomic E-state index is -4.43. The smallest absolute Gasteiger partial charge is 0.335 e. The van der Waals surface area contributed by atoms with Crippen LogP contribution in [0.5, 0.6) is 0 Å². The van der Waals surface area contributed by atoms with Crippen LogP contribution in [0.3, 0.4) is 0 Å². The minimum Gasteiger partial charge on any atom is -0.335 e. The number of benzene rings is 2. The molecule has 2 aromatic carbocycles. The molecule has 0 spiro atoms. The van der Waals surface area contributed by atoms with Crippen molar-refractivity contribution in [1.29, 1.82) is 0 Å². The molecule has 3 rings (SSSR count). The van der Waals surface area contributed by atoms with Crippen molar-refractivity contribution in [2.75, 3.05) is 26.2 Å². The monoisotopic (exact) mass is 440 g/mol. The van der Waals surface area contributed by atoms with E-state index in [0.717, 1.165) is 12.1 Å². The van der Waals surface area contributed by atoms with Crippen LogP contribution >= 0.6 is 15.9 Å². The molecule has 2 aromatic rings. The van der Waals surface area contributed by atoms with Gasteiger partial charge in [-0.05, 0) is 52.3 Å². The fourth-order valence-electron chi connectivity index (χ4n) is 2.90. The quantitative estimate of drug-likeness (QED) is 0.706. The number of carbonyl (C=O) groups is 2. The largest absolute Gasteiger partial charge is 0.416 e. The first-order chi connectivity index (χ1) is 12.8. The van der Waals surface area contributed by atoms with Crippen LogP contribution in [-0.2, 0) is 6.18 Å². The highest BCUT2D eigenvalue weighted by molar-refractivity contribution is 9.10. The van der Waals surface area contributed by atoms with E-state index in [9.17, 15) is 22.8 Å². The van der Waals surface area contributed by atoms with Crippen molar-refractivity contribution in [3.8, 4) is 0 Å². The van der Waals surface area contributed by atoms with E-state index in [1.54, 1.807) is 28.0 Å². The van der Waals surface area contributed by atoms with Crippen molar-refractivity contribution in [3.05, 3.63) is 69.7 Å². The van der Waals surface area contributed by atoms with Crippen LogP contribution in [0.2, 0.25) is 0 Å². The maximum Gasteiger partial charge on any atom is 0.416 e. The molecule has 142 valence electrons. The zero-order valence-electron chi connectivity index (χ0n) is 14.2. The molecule has 0 atom stereocenters. The SMILES string of the molecule is O=C(c1ccc(C(F)(F)F)cc1)N1CCN(C(=O)c2ccccc2Br)CC1. The Morgan fingerprint density at radius 3 is 1.85 bits per heavy atom. The summed E-state index contributed by atoms with van der Waals surface area (Å²) in [5, 5.41) is 0. The summed E-state index contributed by atoms with van der Waals surface area (Å²) in [6, 6.07) is 11.3. The van der Waals surface area contributed by atoms with Crippen LogP contribution in [0.4, 0.5) is 13.2 Å². The van der Waals surface area contributed by atoms with Crippen molar-refractivity contribution in [2.24, 2.45) is 0 Å². The molecule has 1 aliphatic heterocycles. The molecule has 0 N–H and O–H groups in total. The fraction of sp³-hybridized carbons (Fsp3) is 0.263. The van der Waals surface area contributed by atoms with Gasteiger partial charge in [-0.15, -0.1) is 0 Å². The van der Waals surface area contributed by atoms with Crippen molar-refractivity contribution in [1.82, 2.24) is 9.80 Å². The standard InChI is InChI=1S/C19H16BrF3N2O2/c20-16-4-2-1-3-15(16)18(27)25-11-9-24(10-12-25)17(26)13-5-7-14(8-6-13)19(21,22)23/h1-8H,9-12H2. The van der Waals surface area contributed by atoms with E-state index < -0.39 is 11.7 Å². The summed E-state index contributed by atoms with van der Waals surface area (Å²) in [4.78, 5) is 28.3. The Balaban J connectivity index is 1.63. The van der Waals surface area contributed by atoms with Crippen LogP contribution in [-0.4, -0.2) is 47.8 Å². The van der Waals surface area contributed by atoms with Gasteiger partial charge in [0, 0.05) is 36.2 Å². The summed E-state index contributed by atoms with van der Waals surface area (Å²) in [6.07, 6.45) is -4.43. The highest BCUT2D eigenvalue weighted by atomic mass is 79.9. The highest BCUT2D eigenvalue weighted by Crippen LogP contribution is 2.29. The lowest BCUT2D eigenvalue weighted by molar-refractivity contribution is -0.137. The summed E-state index contributed by atoms with van der Waals surface area (Å²) in [5.41, 5.74) is -0.0310. The second kappa shape index (κ2) is 7.72. The van der Waals surface area contributed by atoms with Gasteiger partial charge in [-0.25, -0.2) is 0 Å². The molecule has 0 saturated carbocycles. The van der Waals surface area contributed by atoms with Gasteiger partial charge in [-0.1, -0.05) is 12.1 Å². The molecular weight excluding hydrogens is 425 g/mol. The molecular formula is C19H16BrF3N2O2. The van der Waals surface area contributed by atoms with Crippen molar-refractivity contribution in [2.45, 2.75) is 6.18 Å². The van der Waals surface area contributed by atoms with Gasteiger partial charge in [0.05, 0.1) is 11.1 Å². The molecule has 0 radical (unpaired) electrons. The summed E-state index contributed by atoms with van der Waals surface area (Å²) in [7, 11) is 0. The van der Waals surface area contributed by atoms with E-state index in [1.165, 1.54) is 12.1 Å². The van der Waals surface area contributed by atoms with Gasteiger partial charge in [0.15, 0.2) is 0 Å². The minimum absolute atomic E-state index is 0.121. The Kier molecular flexibility index (Phi) is 5.55. The summed E-state index contributed by atoms with van der Waals surface area (Å²) >= 11 is 3.36. The average molecular weight is 441 g/mol. The lowest BCUT2D eigenvalue weighted by Gasteiger charge is -2.35. The van der Waals surface area contributed by atoms with Gasteiger partial charge in [-0.2, -0.15) is 13.2 Å². The maximum absolute atomic E-state index is 12.6. The van der Waals surface area contributed by atoms with Crippen LogP contribution in [0.1, 0.15) is 26.3 Å². The first-order valence-corrected chi connectivity index (χ1v) is 9.07. The number of piperazine rings is 1. The number of rotatable bonds is 2. The lowest BCUT2D eigenvalue weighted by atomic mass is 10.1. The molecule has 0 aromatic heterocycles. The van der Waals surface area contributed by atoms with E-state index in [1.807, 2.05) is 6.07 Å². The second-order valence-corrected chi connectivity index (χ2v) is 6.99. The van der Waals surface area contributed by atoms with Gasteiger partial charge >= 0.3 is 6.18 Å². The molecule has 27 heavy (non-hydrogen) atoms. The third kappa shape index (κ3) is 4.32. The molecule has 2 amide bonds. The van der Waals surface area contributed by atoms with E-state index >= 15 is 0 Å². The number of alkyl halides is 3. The van der Waals surface area contributed by atoms with Gasteiger partial charge in [0.2, 0.25) is 0 Å². The Hall–Kier alpha value is -2.35. The second-order valence-electron chi connectivity index (χ2n) is 6.14. The predicted octanol–water partition coefficient (Wildman–Crippen LogP) is 4.07. The Morgan fingerprint density at radius 1 is 0.815 bits per heavy atom. The van der Waals surface area contributed by atoms with Gasteiger partial charge in [-0.3, -0.25) is 9.59 Å². The Bertz CT molecular complexity index is 845. The zero-order chi connectivity index (χ0) is 19.6. The third-order valence-corrected chi connectivity index (χ3v) is 5.11. The van der Waals surface area contributed by atoms with Crippen LogP contribution in [0, 0.1) is 0 Å². The molecule has 1 saturated heterocycles. The molecule has 1 fully saturated rings. The van der Waals surface area contributed by atoms with Crippen LogP contribution < -0.4 is 0 Å². The zero-order valence-corrected chi connectivity index (χ0v) is 15.8. The van der Waals surface area contributed by atoms with Gasteiger partial charge in [0.1, 0.15) is 0 Å². The van der Waals surface area contributed by atoms with Crippen LogP contribution in [0.15, 0.2) is 53.0 Å². The Labute approximate surface area is 162 Å². The first-order valence-electron chi connectivity index (χ1n) is 8.28. The molecule has 0 aliphatic carbocycles. The highest BCUT2D eigenvalue weighted by Gasteiger charge is 2.31. The van der Waals surface area contributed by atoms with Crippen molar-refractivity contribution in [3.63, 3.8) is 0 Å². The average Bonchev–Trinajstić information content (AvgIpc) is 2.67. The van der Waals surface area contributed by atoms with E-state index in [4.69, 9.17) is 0 Å². The number of hydrogen-bond donors (Lipinski definition) is 0. The summed E-state index contributed by atoms with van der Waals surface area (Å²) < 4.78 is 38.6. The lowest BCUT2D eigenvalue weighted by Crippen LogP contribution is -2.50. The third-order valence-electron chi connectivity index (χ3n) is 4.42. The van der Waals surface area contributed by atoms with E-state index in [2.05, 4.69) is 15.9 Å². The number of amides is 2. The topological polar surface area (TPSA) is 40.6 Å². The van der Waals surface area contributed by atoms with Gasteiger partial charge < -0.3 is 9.80 Å². The molecule has 1 heterocycles. The van der Waals surface area contributed by atoms with E-state index in [-0.39, 0.29) is 17.4 Å². The molecule has 8 heteroatoms. The van der Waals surface area contributed by atoms with Crippen molar-refractivity contribution >= 4 is 27.7 Å². The molecule has 0 unspecified atom stereocenters. The van der Waals surface area contributed by atoms with Crippen LogP contribution in [0.25, 0.3) is 0 Å². The number of hydrogen-bond acceptors (Lipinski definition) is 2. The van der Waals surface area contributed by atoms with Gasteiger partial charge in [0.25, 0.3) is 11.8 Å². The number of halogens is 4. The normalized spacial score (nSPS) is 15.0.